The summed E-state index contributed by atoms with van der Waals surface area (Å²) in [6, 6.07) is 13.9. The van der Waals surface area contributed by atoms with Gasteiger partial charge in [0, 0.05) is 6.04 Å². The molecule has 0 saturated carbocycles. The molecule has 0 amide bonds. The van der Waals surface area contributed by atoms with E-state index in [1.165, 1.54) is 18.2 Å². The first kappa shape index (κ1) is 14.1. The summed E-state index contributed by atoms with van der Waals surface area (Å²) in [5.74, 6) is 0.453. The Morgan fingerprint density at radius 3 is 2.33 bits per heavy atom. The van der Waals surface area contributed by atoms with Gasteiger partial charge in [0.15, 0.2) is 11.6 Å². The maximum Gasteiger partial charge on any atom is 0.165 e. The van der Waals surface area contributed by atoms with E-state index in [4.69, 9.17) is 4.74 Å². The number of rotatable bonds is 4. The van der Waals surface area contributed by atoms with Crippen molar-refractivity contribution in [2.24, 2.45) is 5.92 Å². The molecule has 0 aliphatic heterocycles. The number of hydrogen-bond acceptors (Lipinski definition) is 2. The van der Waals surface area contributed by atoms with Gasteiger partial charge in [0.2, 0.25) is 0 Å². The standard InChI is InChI=1S/C18H20FNO/c1-20-18(14-7-8-17(21-2)16(19)11-14)15-9-12-5-3-4-6-13(12)10-15/h3-8,11,15,18,20H,9-10H2,1-2H3. The van der Waals surface area contributed by atoms with E-state index in [9.17, 15) is 4.39 Å². The molecule has 3 rings (SSSR count). The van der Waals surface area contributed by atoms with Crippen molar-refractivity contribution in [2.75, 3.05) is 14.2 Å². The van der Waals surface area contributed by atoms with Crippen LogP contribution in [0.5, 0.6) is 5.75 Å². The molecule has 2 aromatic rings. The fourth-order valence-corrected chi connectivity index (χ4v) is 3.38. The van der Waals surface area contributed by atoms with Crippen molar-refractivity contribution < 1.29 is 9.13 Å². The highest BCUT2D eigenvalue weighted by atomic mass is 19.1. The van der Waals surface area contributed by atoms with Crippen molar-refractivity contribution in [3.8, 4) is 5.75 Å². The Morgan fingerprint density at radius 2 is 1.81 bits per heavy atom. The van der Waals surface area contributed by atoms with E-state index in [1.54, 1.807) is 12.1 Å². The summed E-state index contributed by atoms with van der Waals surface area (Å²) in [6.45, 7) is 0. The van der Waals surface area contributed by atoms with Crippen LogP contribution < -0.4 is 10.1 Å². The highest BCUT2D eigenvalue weighted by Crippen LogP contribution is 2.36. The average Bonchev–Trinajstić information content (AvgIpc) is 2.91. The lowest BCUT2D eigenvalue weighted by Crippen LogP contribution is -2.25. The molecular formula is C18H20FNO. The van der Waals surface area contributed by atoms with E-state index in [0.717, 1.165) is 18.4 Å². The summed E-state index contributed by atoms with van der Waals surface area (Å²) in [6.07, 6.45) is 2.07. The monoisotopic (exact) mass is 285 g/mol. The number of ether oxygens (including phenoxy) is 1. The highest BCUT2D eigenvalue weighted by Gasteiger charge is 2.29. The SMILES string of the molecule is CNC(c1ccc(OC)c(F)c1)C1Cc2ccccc2C1. The topological polar surface area (TPSA) is 21.3 Å². The Kier molecular flexibility index (Phi) is 3.93. The zero-order valence-electron chi connectivity index (χ0n) is 12.4. The maximum absolute atomic E-state index is 13.9. The minimum Gasteiger partial charge on any atom is -0.494 e. The third-order valence-corrected chi connectivity index (χ3v) is 4.40. The second-order valence-corrected chi connectivity index (χ2v) is 5.60. The van der Waals surface area contributed by atoms with Crippen molar-refractivity contribution in [3.05, 3.63) is 65.0 Å². The van der Waals surface area contributed by atoms with Gasteiger partial charge in [0.05, 0.1) is 7.11 Å². The minimum absolute atomic E-state index is 0.151. The third-order valence-electron chi connectivity index (χ3n) is 4.40. The molecule has 2 nitrogen and oxygen atoms in total. The van der Waals surface area contributed by atoms with Gasteiger partial charge in [-0.05, 0) is 54.6 Å². The van der Waals surface area contributed by atoms with Gasteiger partial charge in [-0.1, -0.05) is 30.3 Å². The summed E-state index contributed by atoms with van der Waals surface area (Å²) in [5, 5.41) is 3.35. The number of methoxy groups -OCH3 is 1. The Labute approximate surface area is 125 Å². The van der Waals surface area contributed by atoms with E-state index in [0.29, 0.717) is 11.7 Å². The van der Waals surface area contributed by atoms with Gasteiger partial charge < -0.3 is 10.1 Å². The second kappa shape index (κ2) is 5.86. The number of hydrogen-bond donors (Lipinski definition) is 1. The largest absolute Gasteiger partial charge is 0.494 e. The Morgan fingerprint density at radius 1 is 1.14 bits per heavy atom. The molecule has 0 spiro atoms. The molecule has 1 aliphatic rings. The van der Waals surface area contributed by atoms with Crippen LogP contribution in [0.1, 0.15) is 22.7 Å². The second-order valence-electron chi connectivity index (χ2n) is 5.60. The molecule has 110 valence electrons. The lowest BCUT2D eigenvalue weighted by molar-refractivity contribution is 0.378. The molecule has 3 heteroatoms. The Bertz CT molecular complexity index is 616. The summed E-state index contributed by atoms with van der Waals surface area (Å²) >= 11 is 0. The molecule has 21 heavy (non-hydrogen) atoms. The number of fused-ring (bicyclic) bond motifs is 1. The van der Waals surface area contributed by atoms with Gasteiger partial charge >= 0.3 is 0 Å². The quantitative estimate of drug-likeness (QED) is 0.928. The van der Waals surface area contributed by atoms with Gasteiger partial charge in [-0.15, -0.1) is 0 Å². The number of nitrogens with one attached hydrogen (secondary N) is 1. The van der Waals surface area contributed by atoms with Crippen molar-refractivity contribution in [1.29, 1.82) is 0 Å². The molecule has 0 bridgehead atoms. The first-order valence-corrected chi connectivity index (χ1v) is 7.30. The van der Waals surface area contributed by atoms with Gasteiger partial charge in [-0.25, -0.2) is 4.39 Å². The van der Waals surface area contributed by atoms with Crippen LogP contribution in [0.3, 0.4) is 0 Å². The molecule has 0 radical (unpaired) electrons. The zero-order chi connectivity index (χ0) is 14.8. The van der Waals surface area contributed by atoms with Gasteiger partial charge in [-0.2, -0.15) is 0 Å². The summed E-state index contributed by atoms with van der Waals surface area (Å²) in [5.41, 5.74) is 3.81. The zero-order valence-corrected chi connectivity index (χ0v) is 12.4. The fraction of sp³-hybridized carbons (Fsp3) is 0.333. The summed E-state index contributed by atoms with van der Waals surface area (Å²) in [7, 11) is 3.43. The van der Waals surface area contributed by atoms with E-state index in [1.807, 2.05) is 13.1 Å². The molecule has 1 N–H and O–H groups in total. The smallest absolute Gasteiger partial charge is 0.165 e. The lowest BCUT2D eigenvalue weighted by Gasteiger charge is -2.23. The predicted molar refractivity (Wildman–Crippen MR) is 82.1 cm³/mol. The average molecular weight is 285 g/mol. The van der Waals surface area contributed by atoms with Crippen LogP contribution in [0.25, 0.3) is 0 Å². The molecule has 1 atom stereocenters. The van der Waals surface area contributed by atoms with Crippen LogP contribution in [0.15, 0.2) is 42.5 Å². The molecule has 0 saturated heterocycles. The molecule has 1 aliphatic carbocycles. The normalized spacial score (nSPS) is 15.8. The van der Waals surface area contributed by atoms with E-state index < -0.39 is 0 Å². The van der Waals surface area contributed by atoms with Crippen LogP contribution >= 0.6 is 0 Å². The van der Waals surface area contributed by atoms with E-state index >= 15 is 0 Å². The summed E-state index contributed by atoms with van der Waals surface area (Å²) < 4.78 is 18.9. The van der Waals surface area contributed by atoms with E-state index in [2.05, 4.69) is 29.6 Å². The minimum atomic E-state index is -0.300. The van der Waals surface area contributed by atoms with Gasteiger partial charge in [0.1, 0.15) is 0 Å². The maximum atomic E-state index is 13.9. The van der Waals surface area contributed by atoms with Crippen molar-refractivity contribution in [2.45, 2.75) is 18.9 Å². The summed E-state index contributed by atoms with van der Waals surface area (Å²) in [4.78, 5) is 0. The van der Waals surface area contributed by atoms with Crippen molar-refractivity contribution in [3.63, 3.8) is 0 Å². The van der Waals surface area contributed by atoms with Crippen molar-refractivity contribution in [1.82, 2.24) is 5.32 Å². The predicted octanol–water partition coefficient (Wildman–Crippen LogP) is 3.51. The van der Waals surface area contributed by atoms with Crippen LogP contribution in [-0.2, 0) is 12.8 Å². The van der Waals surface area contributed by atoms with Crippen molar-refractivity contribution >= 4 is 0 Å². The molecule has 2 aromatic carbocycles. The van der Waals surface area contributed by atoms with Gasteiger partial charge in [-0.3, -0.25) is 0 Å². The molecule has 0 aromatic heterocycles. The van der Waals surface area contributed by atoms with E-state index in [-0.39, 0.29) is 11.9 Å². The number of benzene rings is 2. The first-order valence-electron chi connectivity index (χ1n) is 7.30. The first-order chi connectivity index (χ1) is 10.2. The Hall–Kier alpha value is -1.87. The van der Waals surface area contributed by atoms with Crippen LogP contribution in [0.2, 0.25) is 0 Å². The lowest BCUT2D eigenvalue weighted by atomic mass is 9.90. The number of halogens is 1. The van der Waals surface area contributed by atoms with Crippen LogP contribution in [0, 0.1) is 11.7 Å². The molecular weight excluding hydrogens is 265 g/mol. The Balaban J connectivity index is 1.85. The fourth-order valence-electron chi connectivity index (χ4n) is 3.38. The highest BCUT2D eigenvalue weighted by molar-refractivity contribution is 5.36. The third kappa shape index (κ3) is 2.66. The van der Waals surface area contributed by atoms with Crippen LogP contribution in [0.4, 0.5) is 4.39 Å². The van der Waals surface area contributed by atoms with Gasteiger partial charge in [0.25, 0.3) is 0 Å². The van der Waals surface area contributed by atoms with Crippen LogP contribution in [-0.4, -0.2) is 14.2 Å². The molecule has 1 unspecified atom stereocenters. The molecule has 0 heterocycles. The molecule has 0 fully saturated rings.